The van der Waals surface area contributed by atoms with Crippen molar-refractivity contribution >= 4 is 99.7 Å². The lowest BCUT2D eigenvalue weighted by Crippen LogP contribution is -2.30. The molecule has 2 aliphatic heterocycles. The van der Waals surface area contributed by atoms with E-state index in [1.807, 2.05) is 18.2 Å². The molecule has 0 saturated heterocycles. The van der Waals surface area contributed by atoms with Gasteiger partial charge in [0.05, 0.1) is 78.5 Å². The van der Waals surface area contributed by atoms with Gasteiger partial charge in [0.2, 0.25) is 0 Å². The molecule has 0 spiro atoms. The Bertz CT molecular complexity index is 7200. The number of fused-ring (bicyclic) bond motifs is 13. The van der Waals surface area contributed by atoms with Crippen molar-refractivity contribution in [3.8, 4) is 55.9 Å². The molecule has 17 aromatic rings. The molecule has 0 fully saturated rings. The summed E-state index contributed by atoms with van der Waals surface area (Å²) in [6.45, 7) is 48.5. The summed E-state index contributed by atoms with van der Waals surface area (Å²) in [7, 11) is 0. The van der Waals surface area contributed by atoms with E-state index in [9.17, 15) is 8.22 Å². The number of hydrogen-bond acceptors (Lipinski definition) is 3. The quantitative estimate of drug-likeness (QED) is 0.152. The van der Waals surface area contributed by atoms with Crippen molar-refractivity contribution in [1.82, 2.24) is 9.13 Å². The third-order valence-electron chi connectivity index (χ3n) is 25.2. The SMILES string of the molecule is [2H]c1c([2H])c([2H])c2c(c1[2H])c1c([2H])c([2H])c([2H])c([2H])c1n2-c1cccc2c1oc1c(N3c4cc(-c5cc(C(C)(C)C)cc(C(C)(C)C)c5)ccc4C4c5ccc(-c6cc(C(C)(C)C)cc(C(C)(C)C)c6)cc5N(c5c(-c6ccccc6)cc(C(C)(C)C)cc5-c5ccccc5)c5cc(-n6c7ccc(C(C)(C)C)cc7c7cc(C(C)(C)C)ccc76)cc3c54)cccc12. The van der Waals surface area contributed by atoms with E-state index in [0.717, 1.165) is 123 Å². The lowest BCUT2D eigenvalue weighted by Gasteiger charge is -2.46. The van der Waals surface area contributed by atoms with Gasteiger partial charge in [-0.15, -0.1) is 0 Å². The van der Waals surface area contributed by atoms with Gasteiger partial charge in [-0.3, -0.25) is 0 Å². The van der Waals surface area contributed by atoms with E-state index in [1.165, 1.54) is 38.9 Å². The van der Waals surface area contributed by atoms with Crippen LogP contribution < -0.4 is 9.80 Å². The van der Waals surface area contributed by atoms with Crippen LogP contribution in [0.2, 0.25) is 0 Å². The number of rotatable bonds is 8. The number of benzene rings is 14. The van der Waals surface area contributed by atoms with Crippen LogP contribution in [-0.4, -0.2) is 9.13 Å². The van der Waals surface area contributed by atoms with Gasteiger partial charge in [0.25, 0.3) is 0 Å². The van der Waals surface area contributed by atoms with E-state index in [4.69, 9.17) is 7.16 Å². The lowest BCUT2D eigenvalue weighted by atomic mass is 9.73. The van der Waals surface area contributed by atoms with Crippen LogP contribution in [0.4, 0.5) is 34.1 Å². The molecule has 0 aliphatic carbocycles. The highest BCUT2D eigenvalue weighted by atomic mass is 16.3. The number of hydrogen-bond donors (Lipinski definition) is 0. The second-order valence-electron chi connectivity index (χ2n) is 40.5. The summed E-state index contributed by atoms with van der Waals surface area (Å²) in [5.74, 6) is -0.422. The fourth-order valence-corrected chi connectivity index (χ4v) is 18.3. The molecule has 1 unspecified atom stereocenters. The molecule has 0 saturated carbocycles. The minimum Gasteiger partial charge on any atom is -0.452 e. The Morgan fingerprint density at radius 2 is 0.653 bits per heavy atom. The molecule has 0 amide bonds. The summed E-state index contributed by atoms with van der Waals surface area (Å²) >= 11 is 0. The molecule has 588 valence electrons. The molecule has 2 aliphatic rings. The van der Waals surface area contributed by atoms with Crippen LogP contribution in [0, 0.1) is 0 Å². The van der Waals surface area contributed by atoms with Crippen molar-refractivity contribution in [3.05, 3.63) is 334 Å². The smallest absolute Gasteiger partial charge is 0.159 e. The minimum atomic E-state index is -0.511. The highest BCUT2D eigenvalue weighted by Gasteiger charge is 2.45. The van der Waals surface area contributed by atoms with Gasteiger partial charge in [-0.1, -0.05) is 339 Å². The number of anilines is 6. The van der Waals surface area contributed by atoms with Crippen LogP contribution in [0.25, 0.3) is 121 Å². The molecule has 1 atom stereocenters. The molecular weight excluding hydrogens is 1430 g/mol. The van der Waals surface area contributed by atoms with Crippen LogP contribution in [-0.2, 0) is 37.9 Å². The van der Waals surface area contributed by atoms with Gasteiger partial charge in [0, 0.05) is 54.9 Å². The zero-order valence-electron chi connectivity index (χ0n) is 80.2. The van der Waals surface area contributed by atoms with Crippen molar-refractivity contribution in [2.75, 3.05) is 9.80 Å². The van der Waals surface area contributed by atoms with Crippen molar-refractivity contribution in [3.63, 3.8) is 0 Å². The van der Waals surface area contributed by atoms with Gasteiger partial charge < -0.3 is 23.4 Å². The average molecular weight is 1550 g/mol. The first-order valence-corrected chi connectivity index (χ1v) is 42.0. The van der Waals surface area contributed by atoms with Gasteiger partial charge in [0.15, 0.2) is 11.2 Å². The molecule has 0 radical (unpaired) electrons. The minimum absolute atomic E-state index is 0.00606. The zero-order chi connectivity index (χ0) is 89.5. The molecule has 5 nitrogen and oxygen atoms in total. The predicted octanol–water partition coefficient (Wildman–Crippen LogP) is 32.3. The van der Waals surface area contributed by atoms with Crippen molar-refractivity contribution in [1.29, 1.82) is 0 Å². The molecule has 14 aromatic carbocycles. The molecule has 3 aromatic heterocycles. The number of nitrogens with zero attached hydrogens (tertiary/aromatic N) is 4. The van der Waals surface area contributed by atoms with Crippen LogP contribution >= 0.6 is 0 Å². The highest BCUT2D eigenvalue weighted by molar-refractivity contribution is 6.17. The van der Waals surface area contributed by atoms with Crippen molar-refractivity contribution in [2.45, 2.75) is 189 Å². The van der Waals surface area contributed by atoms with E-state index in [1.54, 1.807) is 4.57 Å². The summed E-state index contributed by atoms with van der Waals surface area (Å²) in [5, 5.41) is 3.71. The van der Waals surface area contributed by atoms with Gasteiger partial charge in [-0.25, -0.2) is 0 Å². The third-order valence-corrected chi connectivity index (χ3v) is 25.2. The maximum Gasteiger partial charge on any atom is 0.159 e. The van der Waals surface area contributed by atoms with Gasteiger partial charge in [-0.05, 0) is 206 Å². The van der Waals surface area contributed by atoms with E-state index in [2.05, 4.69) is 372 Å². The zero-order valence-corrected chi connectivity index (χ0v) is 72.2. The molecule has 5 heteroatoms. The third kappa shape index (κ3) is 12.6. The lowest BCUT2D eigenvalue weighted by molar-refractivity contribution is 0.568. The molecule has 118 heavy (non-hydrogen) atoms. The molecule has 19 rings (SSSR count). The Labute approximate surface area is 709 Å². The van der Waals surface area contributed by atoms with Gasteiger partial charge >= 0.3 is 0 Å². The van der Waals surface area contributed by atoms with E-state index < -0.39 is 54.3 Å². The fourth-order valence-electron chi connectivity index (χ4n) is 18.3. The van der Waals surface area contributed by atoms with Crippen molar-refractivity contribution < 1.29 is 15.4 Å². The van der Waals surface area contributed by atoms with E-state index in [0.29, 0.717) is 27.9 Å². The summed E-state index contributed by atoms with van der Waals surface area (Å²) in [4.78, 5) is 5.13. The Morgan fingerprint density at radius 1 is 0.263 bits per heavy atom. The predicted molar refractivity (Wildman–Crippen MR) is 505 cm³/mol. The topological polar surface area (TPSA) is 29.5 Å². The van der Waals surface area contributed by atoms with E-state index in [-0.39, 0.29) is 59.7 Å². The van der Waals surface area contributed by atoms with Crippen molar-refractivity contribution in [2.24, 2.45) is 0 Å². The maximum absolute atomic E-state index is 9.76. The Hall–Kier alpha value is -11.9. The van der Waals surface area contributed by atoms with Gasteiger partial charge in [-0.2, -0.15) is 0 Å². The second-order valence-corrected chi connectivity index (χ2v) is 40.5. The van der Waals surface area contributed by atoms with Crippen LogP contribution in [0.1, 0.15) is 218 Å². The largest absolute Gasteiger partial charge is 0.452 e. The van der Waals surface area contributed by atoms with Crippen LogP contribution in [0.5, 0.6) is 0 Å². The Morgan fingerprint density at radius 3 is 1.08 bits per heavy atom. The summed E-state index contributed by atoms with van der Waals surface area (Å²) in [5.41, 5.74) is 29.0. The maximum atomic E-state index is 9.76. The van der Waals surface area contributed by atoms with E-state index >= 15 is 0 Å². The Kier molecular flexibility index (Phi) is 15.3. The van der Waals surface area contributed by atoms with Crippen LogP contribution in [0.15, 0.2) is 283 Å². The molecule has 5 heterocycles. The highest BCUT2D eigenvalue weighted by Crippen LogP contribution is 2.65. The molecular formula is C113H110N4O. The summed E-state index contributed by atoms with van der Waals surface area (Å²) in [6.07, 6.45) is 0. The summed E-state index contributed by atoms with van der Waals surface area (Å²) in [6, 6.07) is 83.4. The normalized spacial score (nSPS) is 15.1. The second kappa shape index (κ2) is 26.8. The fraction of sp³-hybridized carbons (Fsp3) is 0.257. The van der Waals surface area contributed by atoms with Gasteiger partial charge in [0.1, 0.15) is 0 Å². The number of furan rings is 1. The number of aromatic nitrogens is 2. The standard InChI is InChI=1S/C113H110N4O/c1-107(2,3)74-48-52-94-90(62-74)91-63-75(108(4,5)6)49-53-95(91)114(94)81-66-100-103-101(67-81)117(104-88(68-34-24-22-25-35-68)64-80(113(19,20)21)65-89(104)69-36-26-23-27-37-69)99-59-71(73-56-78(111(13,14)15)61-79(57-73)112(16,17)18)47-51-87(99)102(103)86-50-46-70(72-54-76(109(7,8)9)60-77(55-72)110(10,11)12)58-98(86)116(100)97-45-33-41-85-84-40-32-44-96(105(84)118-106(85)97)115-92-42-30-28-38-82(92)83-39-29-31-43-93(83)115/h22-67,102H,1-21H3/i28D,29D,30D,31D,38D,39D,42D,43D. The molecule has 0 bridgehead atoms. The first kappa shape index (κ1) is 67.1. The number of para-hydroxylation sites is 4. The average Bonchev–Trinajstić information content (AvgIpc) is 1.18. The first-order chi connectivity index (χ1) is 59.3. The summed E-state index contributed by atoms with van der Waals surface area (Å²) < 4.78 is 87.0. The molecule has 0 N–H and O–H groups in total. The Balaban J connectivity index is 1.02. The monoisotopic (exact) mass is 1550 g/mol. The van der Waals surface area contributed by atoms with Crippen LogP contribution in [0.3, 0.4) is 0 Å². The first-order valence-electron chi connectivity index (χ1n) is 46.0.